The Morgan fingerprint density at radius 1 is 0.320 bits per heavy atom. The fourth-order valence-electron chi connectivity index (χ4n) is 6.55. The third-order valence-electron chi connectivity index (χ3n) is 9.89. The van der Waals surface area contributed by atoms with E-state index in [4.69, 9.17) is 9.47 Å². The van der Waals surface area contributed by atoms with Gasteiger partial charge in [0.05, 0.1) is 0 Å². The van der Waals surface area contributed by atoms with Gasteiger partial charge in [-0.05, 0) is 64.2 Å². The summed E-state index contributed by atoms with van der Waals surface area (Å²) in [5.41, 5.74) is 0. The van der Waals surface area contributed by atoms with Gasteiger partial charge in [0.25, 0.3) is 0 Å². The van der Waals surface area contributed by atoms with Crippen molar-refractivity contribution in [3.63, 3.8) is 0 Å². The van der Waals surface area contributed by atoms with Crippen LogP contribution in [-0.2, 0) is 19.1 Å². The molecule has 0 radical (unpaired) electrons. The van der Waals surface area contributed by atoms with Crippen molar-refractivity contribution in [1.82, 2.24) is 0 Å². The molecule has 294 valence electrons. The summed E-state index contributed by atoms with van der Waals surface area (Å²) in [5, 5.41) is 0. The molecule has 4 heteroatoms. The molecule has 0 aliphatic carbocycles. The Kier molecular flexibility index (Phi) is 42.2. The second kappa shape index (κ2) is 43.6. The zero-order chi connectivity index (χ0) is 36.3. The van der Waals surface area contributed by atoms with Crippen LogP contribution in [0.3, 0.4) is 0 Å². The topological polar surface area (TPSA) is 52.6 Å². The summed E-state index contributed by atoms with van der Waals surface area (Å²) in [5.74, 6) is -0.338. The molecule has 0 N–H and O–H groups in total. The molecule has 0 bridgehead atoms. The van der Waals surface area contributed by atoms with Crippen molar-refractivity contribution in [2.24, 2.45) is 0 Å². The maximum Gasteiger partial charge on any atom is 0.305 e. The highest BCUT2D eigenvalue weighted by molar-refractivity contribution is 5.70. The maximum atomic E-state index is 12.0. The zero-order valence-corrected chi connectivity index (χ0v) is 33.8. The molecule has 0 atom stereocenters. The van der Waals surface area contributed by atoms with Gasteiger partial charge in [0.1, 0.15) is 13.2 Å². The van der Waals surface area contributed by atoms with E-state index in [-0.39, 0.29) is 25.2 Å². The average molecular weight is 703 g/mol. The van der Waals surface area contributed by atoms with Crippen molar-refractivity contribution in [2.45, 2.75) is 245 Å². The molecular formula is C46H86O4. The summed E-state index contributed by atoms with van der Waals surface area (Å²) in [4.78, 5) is 23.9. The molecule has 4 nitrogen and oxygen atoms in total. The lowest BCUT2D eigenvalue weighted by Gasteiger charge is -2.07. The van der Waals surface area contributed by atoms with Gasteiger partial charge >= 0.3 is 11.9 Å². The number of esters is 2. The third kappa shape index (κ3) is 42.6. The van der Waals surface area contributed by atoms with Crippen LogP contribution in [0.5, 0.6) is 0 Å². The fourth-order valence-corrected chi connectivity index (χ4v) is 6.55. The molecule has 0 fully saturated rings. The number of rotatable bonds is 41. The molecule has 0 spiro atoms. The first-order chi connectivity index (χ1) is 24.7. The van der Waals surface area contributed by atoms with Crippen LogP contribution in [0.4, 0.5) is 0 Å². The Morgan fingerprint density at radius 3 is 0.800 bits per heavy atom. The minimum absolute atomic E-state index is 0.169. The van der Waals surface area contributed by atoms with Gasteiger partial charge in [0.2, 0.25) is 0 Å². The summed E-state index contributed by atoms with van der Waals surface area (Å²) in [7, 11) is 0. The Bertz CT molecular complexity index is 680. The number of carbonyl (C=O) groups is 2. The molecule has 0 saturated carbocycles. The second-order valence-electron chi connectivity index (χ2n) is 14.9. The summed E-state index contributed by atoms with van der Waals surface area (Å²) in [6, 6.07) is 0. The van der Waals surface area contributed by atoms with Crippen LogP contribution in [0.2, 0.25) is 0 Å². The van der Waals surface area contributed by atoms with Gasteiger partial charge in [-0.2, -0.15) is 0 Å². The molecule has 0 aliphatic rings. The highest BCUT2D eigenvalue weighted by Gasteiger charge is 2.06. The number of hydrogen-bond donors (Lipinski definition) is 0. The predicted octanol–water partition coefficient (Wildman–Crippen LogP) is 15.3. The van der Waals surface area contributed by atoms with Crippen LogP contribution in [-0.4, -0.2) is 25.2 Å². The molecule has 0 aromatic carbocycles. The molecular weight excluding hydrogens is 617 g/mol. The van der Waals surface area contributed by atoms with Crippen molar-refractivity contribution in [1.29, 1.82) is 0 Å². The van der Waals surface area contributed by atoms with Gasteiger partial charge < -0.3 is 9.47 Å². The first-order valence-electron chi connectivity index (χ1n) is 22.3. The van der Waals surface area contributed by atoms with Crippen LogP contribution in [0, 0.1) is 0 Å². The Hall–Kier alpha value is -1.58. The van der Waals surface area contributed by atoms with Crippen LogP contribution in [0.25, 0.3) is 0 Å². The van der Waals surface area contributed by atoms with Crippen LogP contribution < -0.4 is 0 Å². The predicted molar refractivity (Wildman–Crippen MR) is 218 cm³/mol. The van der Waals surface area contributed by atoms with E-state index in [2.05, 4.69) is 38.2 Å². The minimum Gasteiger partial charge on any atom is -0.462 e. The monoisotopic (exact) mass is 703 g/mol. The number of unbranched alkanes of at least 4 members (excludes halogenated alkanes) is 30. The summed E-state index contributed by atoms with van der Waals surface area (Å²) >= 11 is 0. The van der Waals surface area contributed by atoms with E-state index in [0.717, 1.165) is 25.7 Å². The SMILES string of the molecule is CCCCCCCC/C=C\CCCCCCCCCCCC(=O)OCCOC(=O)CCCCCCCCCCC/C=C\CCCCCCCC. The first-order valence-corrected chi connectivity index (χ1v) is 22.3. The highest BCUT2D eigenvalue weighted by Crippen LogP contribution is 2.14. The van der Waals surface area contributed by atoms with Gasteiger partial charge in [0.15, 0.2) is 0 Å². The van der Waals surface area contributed by atoms with Gasteiger partial charge in [-0.1, -0.05) is 192 Å². The van der Waals surface area contributed by atoms with Gasteiger partial charge in [0, 0.05) is 12.8 Å². The zero-order valence-electron chi connectivity index (χ0n) is 33.8. The van der Waals surface area contributed by atoms with Crippen molar-refractivity contribution >= 4 is 11.9 Å². The van der Waals surface area contributed by atoms with E-state index in [1.54, 1.807) is 0 Å². The van der Waals surface area contributed by atoms with E-state index in [1.807, 2.05) is 0 Å². The first kappa shape index (κ1) is 48.4. The van der Waals surface area contributed by atoms with Gasteiger partial charge in [-0.3, -0.25) is 9.59 Å². The van der Waals surface area contributed by atoms with Gasteiger partial charge in [-0.15, -0.1) is 0 Å². The third-order valence-corrected chi connectivity index (χ3v) is 9.89. The molecule has 0 aromatic heterocycles. The van der Waals surface area contributed by atoms with E-state index < -0.39 is 0 Å². The molecule has 0 aromatic rings. The van der Waals surface area contributed by atoms with Crippen LogP contribution in [0.15, 0.2) is 24.3 Å². The minimum atomic E-state index is -0.169. The highest BCUT2D eigenvalue weighted by atomic mass is 16.6. The number of carbonyl (C=O) groups excluding carboxylic acids is 2. The fraction of sp³-hybridized carbons (Fsp3) is 0.870. The molecule has 0 amide bonds. The lowest BCUT2D eigenvalue weighted by Crippen LogP contribution is -2.13. The largest absolute Gasteiger partial charge is 0.462 e. The van der Waals surface area contributed by atoms with Crippen LogP contribution >= 0.6 is 0 Å². The molecule has 0 saturated heterocycles. The van der Waals surface area contributed by atoms with E-state index in [9.17, 15) is 9.59 Å². The van der Waals surface area contributed by atoms with Gasteiger partial charge in [-0.25, -0.2) is 0 Å². The molecule has 50 heavy (non-hydrogen) atoms. The quantitative estimate of drug-likeness (QED) is 0.0361. The summed E-state index contributed by atoms with van der Waals surface area (Å²) in [6.45, 7) is 4.91. The molecule has 0 rings (SSSR count). The summed E-state index contributed by atoms with van der Waals surface area (Å²) < 4.78 is 10.5. The average Bonchev–Trinajstić information content (AvgIpc) is 3.12. The summed E-state index contributed by atoms with van der Waals surface area (Å²) in [6.07, 6.45) is 54.3. The lowest BCUT2D eigenvalue weighted by molar-refractivity contribution is -0.152. The van der Waals surface area contributed by atoms with Crippen LogP contribution in [0.1, 0.15) is 245 Å². The van der Waals surface area contributed by atoms with E-state index in [0.29, 0.717) is 12.8 Å². The Morgan fingerprint density at radius 2 is 0.540 bits per heavy atom. The van der Waals surface area contributed by atoms with Crippen molar-refractivity contribution in [2.75, 3.05) is 13.2 Å². The number of allylic oxidation sites excluding steroid dienone is 4. The van der Waals surface area contributed by atoms with Crippen molar-refractivity contribution in [3.05, 3.63) is 24.3 Å². The maximum absolute atomic E-state index is 12.0. The normalized spacial score (nSPS) is 11.6. The van der Waals surface area contributed by atoms with E-state index >= 15 is 0 Å². The number of ether oxygens (including phenoxy) is 2. The van der Waals surface area contributed by atoms with Crippen molar-refractivity contribution in [3.8, 4) is 0 Å². The Balaban J connectivity index is 3.30. The number of hydrogen-bond acceptors (Lipinski definition) is 4. The Labute approximate surface area is 312 Å². The van der Waals surface area contributed by atoms with Crippen molar-refractivity contribution < 1.29 is 19.1 Å². The smallest absolute Gasteiger partial charge is 0.305 e. The standard InChI is InChI=1S/C46H86O4/c1-3-5-7-9-11-13-15-17-19-21-23-25-27-29-31-33-35-37-39-41-45(47)49-43-44-50-46(48)42-40-38-36-34-32-30-28-26-24-22-20-18-16-14-12-10-8-6-4-2/h17-20H,3-16,21-44H2,1-2H3/b19-17-,20-18-. The molecule has 0 unspecified atom stereocenters. The van der Waals surface area contributed by atoms with E-state index in [1.165, 1.54) is 193 Å². The lowest BCUT2D eigenvalue weighted by atomic mass is 10.1. The second-order valence-corrected chi connectivity index (χ2v) is 14.9. The molecule has 0 aliphatic heterocycles. The molecule has 0 heterocycles.